The van der Waals surface area contributed by atoms with Crippen LogP contribution in [0.4, 0.5) is 0 Å². The predicted octanol–water partition coefficient (Wildman–Crippen LogP) is -0.0523. The number of carbonyl (C=O) groups excluding carboxylic acids is 2. The van der Waals surface area contributed by atoms with E-state index in [9.17, 15) is 14.4 Å². The third kappa shape index (κ3) is 1.91. The van der Waals surface area contributed by atoms with Crippen molar-refractivity contribution in [3.8, 4) is 0 Å². The molecule has 0 bridgehead atoms. The molecule has 3 heterocycles. The van der Waals surface area contributed by atoms with E-state index < -0.39 is 17.8 Å². The van der Waals surface area contributed by atoms with Crippen molar-refractivity contribution >= 4 is 23.4 Å². The van der Waals surface area contributed by atoms with Crippen molar-refractivity contribution in [1.29, 1.82) is 0 Å². The van der Waals surface area contributed by atoms with Crippen LogP contribution in [-0.2, 0) is 9.59 Å². The molecule has 0 saturated carbocycles. The summed E-state index contributed by atoms with van der Waals surface area (Å²) in [6.45, 7) is 0. The molecule has 3 rings (SSSR count). The van der Waals surface area contributed by atoms with Crippen LogP contribution in [0.1, 0.15) is 34.8 Å². The molecular weight excluding hydrogens is 264 g/mol. The summed E-state index contributed by atoms with van der Waals surface area (Å²) in [6, 6.07) is 2.77. The van der Waals surface area contributed by atoms with Gasteiger partial charge >= 0.3 is 5.97 Å². The first-order valence-electron chi connectivity index (χ1n) is 5.97. The van der Waals surface area contributed by atoms with Gasteiger partial charge in [-0.05, 0) is 18.6 Å². The number of imide groups is 1. The van der Waals surface area contributed by atoms with Crippen molar-refractivity contribution < 1.29 is 19.5 Å². The zero-order valence-corrected chi connectivity index (χ0v) is 10.2. The van der Waals surface area contributed by atoms with E-state index in [1.807, 2.05) is 0 Å². The van der Waals surface area contributed by atoms with E-state index >= 15 is 0 Å². The molecule has 8 nitrogen and oxygen atoms in total. The molecule has 102 valence electrons. The lowest BCUT2D eigenvalue weighted by Gasteiger charge is -2.21. The predicted molar refractivity (Wildman–Crippen MR) is 65.1 cm³/mol. The number of aromatic nitrogens is 3. The highest BCUT2D eigenvalue weighted by atomic mass is 16.4. The molecule has 2 N–H and O–H groups in total. The molecule has 0 aliphatic carbocycles. The SMILES string of the molecule is O=C1CCC(c2cc(C(=O)O)cc3ncnn23)C(=O)N1. The number of piperidine rings is 1. The van der Waals surface area contributed by atoms with E-state index in [0.717, 1.165) is 0 Å². The standard InChI is InChI=1S/C12H10N4O4/c17-10-2-1-7(11(18)15-10)8-3-6(12(19)20)4-9-13-5-14-16(8)9/h3-5,7H,1-2H2,(H,19,20)(H,15,17,18). The van der Waals surface area contributed by atoms with Crippen LogP contribution in [0.15, 0.2) is 18.5 Å². The number of carboxylic acid groups (broad SMARTS) is 1. The number of rotatable bonds is 2. The number of carboxylic acids is 1. The summed E-state index contributed by atoms with van der Waals surface area (Å²) in [5, 5.41) is 15.3. The summed E-state index contributed by atoms with van der Waals surface area (Å²) in [7, 11) is 0. The normalized spacial score (nSPS) is 19.1. The van der Waals surface area contributed by atoms with Gasteiger partial charge < -0.3 is 5.11 Å². The molecule has 0 spiro atoms. The van der Waals surface area contributed by atoms with Crippen molar-refractivity contribution in [2.24, 2.45) is 0 Å². The topological polar surface area (TPSA) is 114 Å². The van der Waals surface area contributed by atoms with Crippen LogP contribution in [0.5, 0.6) is 0 Å². The zero-order chi connectivity index (χ0) is 14.3. The highest BCUT2D eigenvalue weighted by molar-refractivity contribution is 6.01. The molecule has 2 aromatic heterocycles. The molecule has 1 unspecified atom stereocenters. The van der Waals surface area contributed by atoms with Gasteiger partial charge in [-0.1, -0.05) is 0 Å². The first kappa shape index (κ1) is 12.3. The van der Waals surface area contributed by atoms with Gasteiger partial charge in [-0.2, -0.15) is 5.10 Å². The fourth-order valence-corrected chi connectivity index (χ4v) is 2.30. The molecule has 1 fully saturated rings. The minimum Gasteiger partial charge on any atom is -0.478 e. The zero-order valence-electron chi connectivity index (χ0n) is 10.2. The third-order valence-electron chi connectivity index (χ3n) is 3.25. The van der Waals surface area contributed by atoms with E-state index in [-0.39, 0.29) is 17.9 Å². The highest BCUT2D eigenvalue weighted by Crippen LogP contribution is 2.26. The Labute approximate surface area is 112 Å². The molecule has 1 aliphatic rings. The molecule has 0 radical (unpaired) electrons. The molecule has 1 aliphatic heterocycles. The fraction of sp³-hybridized carbons (Fsp3) is 0.250. The lowest BCUT2D eigenvalue weighted by atomic mass is 9.93. The van der Waals surface area contributed by atoms with Crippen LogP contribution in [-0.4, -0.2) is 37.5 Å². The maximum Gasteiger partial charge on any atom is 0.335 e. The van der Waals surface area contributed by atoms with Crippen LogP contribution in [0.25, 0.3) is 5.65 Å². The molecule has 0 aromatic carbocycles. The van der Waals surface area contributed by atoms with Crippen molar-refractivity contribution in [2.45, 2.75) is 18.8 Å². The van der Waals surface area contributed by atoms with Gasteiger partial charge in [0.2, 0.25) is 11.8 Å². The first-order chi connectivity index (χ1) is 9.56. The van der Waals surface area contributed by atoms with Crippen molar-refractivity contribution in [1.82, 2.24) is 19.9 Å². The number of amides is 2. The van der Waals surface area contributed by atoms with Gasteiger partial charge in [-0.25, -0.2) is 14.3 Å². The highest BCUT2D eigenvalue weighted by Gasteiger charge is 2.30. The average molecular weight is 274 g/mol. The largest absolute Gasteiger partial charge is 0.478 e. The van der Waals surface area contributed by atoms with Gasteiger partial charge in [0, 0.05) is 6.42 Å². The third-order valence-corrected chi connectivity index (χ3v) is 3.25. The lowest BCUT2D eigenvalue weighted by Crippen LogP contribution is -2.40. The Morgan fingerprint density at radius 1 is 1.40 bits per heavy atom. The number of pyridine rings is 1. The van der Waals surface area contributed by atoms with Crippen LogP contribution < -0.4 is 5.32 Å². The summed E-state index contributed by atoms with van der Waals surface area (Å²) >= 11 is 0. The maximum atomic E-state index is 11.9. The van der Waals surface area contributed by atoms with Crippen molar-refractivity contribution in [3.63, 3.8) is 0 Å². The summed E-state index contributed by atoms with van der Waals surface area (Å²) in [5.41, 5.74) is 0.803. The van der Waals surface area contributed by atoms with Gasteiger partial charge in [-0.3, -0.25) is 14.9 Å². The van der Waals surface area contributed by atoms with E-state index in [4.69, 9.17) is 5.11 Å². The Kier molecular flexibility index (Phi) is 2.70. The van der Waals surface area contributed by atoms with Gasteiger partial charge in [0.15, 0.2) is 5.65 Å². The molecule has 20 heavy (non-hydrogen) atoms. The van der Waals surface area contributed by atoms with Crippen LogP contribution in [0, 0.1) is 0 Å². The average Bonchev–Trinajstić information content (AvgIpc) is 2.86. The first-order valence-corrected chi connectivity index (χ1v) is 5.97. The molecule has 1 saturated heterocycles. The monoisotopic (exact) mass is 274 g/mol. The Morgan fingerprint density at radius 2 is 2.20 bits per heavy atom. The second-order valence-corrected chi connectivity index (χ2v) is 4.51. The lowest BCUT2D eigenvalue weighted by molar-refractivity contribution is -0.134. The Hall–Kier alpha value is -2.77. The van der Waals surface area contributed by atoms with Gasteiger partial charge in [0.05, 0.1) is 17.2 Å². The minimum atomic E-state index is -1.11. The Bertz CT molecular complexity index is 736. The van der Waals surface area contributed by atoms with E-state index in [1.165, 1.54) is 23.0 Å². The van der Waals surface area contributed by atoms with Gasteiger partial charge in [-0.15, -0.1) is 0 Å². The second-order valence-electron chi connectivity index (χ2n) is 4.51. The fourth-order valence-electron chi connectivity index (χ4n) is 2.30. The van der Waals surface area contributed by atoms with Gasteiger partial charge in [0.25, 0.3) is 0 Å². The summed E-state index contributed by atoms with van der Waals surface area (Å²) in [4.78, 5) is 38.2. The number of carbonyl (C=O) groups is 3. The van der Waals surface area contributed by atoms with Crippen LogP contribution in [0.2, 0.25) is 0 Å². The summed E-state index contributed by atoms with van der Waals surface area (Å²) < 4.78 is 1.42. The van der Waals surface area contributed by atoms with E-state index in [2.05, 4.69) is 15.4 Å². The van der Waals surface area contributed by atoms with E-state index in [0.29, 0.717) is 17.8 Å². The quantitative estimate of drug-likeness (QED) is 0.742. The Balaban J connectivity index is 2.14. The Morgan fingerprint density at radius 3 is 2.90 bits per heavy atom. The van der Waals surface area contributed by atoms with Crippen LogP contribution in [0.3, 0.4) is 0 Å². The summed E-state index contributed by atoms with van der Waals surface area (Å²) in [5.74, 6) is -2.49. The minimum absolute atomic E-state index is 0.0326. The number of nitrogens with zero attached hydrogens (tertiary/aromatic N) is 3. The number of hydrogen-bond donors (Lipinski definition) is 2. The second kappa shape index (κ2) is 4.41. The van der Waals surface area contributed by atoms with Crippen LogP contribution >= 0.6 is 0 Å². The number of nitrogens with one attached hydrogen (secondary N) is 1. The molecule has 2 aromatic rings. The summed E-state index contributed by atoms with van der Waals surface area (Å²) in [6.07, 6.45) is 1.82. The van der Waals surface area contributed by atoms with Gasteiger partial charge in [0.1, 0.15) is 6.33 Å². The van der Waals surface area contributed by atoms with E-state index in [1.54, 1.807) is 0 Å². The number of hydrogen-bond acceptors (Lipinski definition) is 5. The number of aromatic carboxylic acids is 1. The van der Waals surface area contributed by atoms with Crippen molar-refractivity contribution in [2.75, 3.05) is 0 Å². The molecule has 2 amide bonds. The number of fused-ring (bicyclic) bond motifs is 1. The smallest absolute Gasteiger partial charge is 0.335 e. The maximum absolute atomic E-state index is 11.9. The molecular formula is C12H10N4O4. The van der Waals surface area contributed by atoms with Crippen molar-refractivity contribution in [3.05, 3.63) is 29.7 Å². The molecule has 1 atom stereocenters. The molecule has 8 heteroatoms.